The lowest BCUT2D eigenvalue weighted by atomic mass is 9.46. The van der Waals surface area contributed by atoms with E-state index in [1.807, 2.05) is 6.08 Å². The van der Waals surface area contributed by atoms with E-state index in [1.165, 1.54) is 18.4 Å². The van der Waals surface area contributed by atoms with Gasteiger partial charge < -0.3 is 5.11 Å². The monoisotopic (exact) mass is 339 g/mol. The third kappa shape index (κ3) is 1.82. The van der Waals surface area contributed by atoms with E-state index in [4.69, 9.17) is 0 Å². The van der Waals surface area contributed by atoms with Gasteiger partial charge in [-0.2, -0.15) is 5.26 Å². The van der Waals surface area contributed by atoms with Gasteiger partial charge in [-0.05, 0) is 86.0 Å². The van der Waals surface area contributed by atoms with Crippen molar-refractivity contribution in [3.63, 3.8) is 0 Å². The zero-order valence-corrected chi connectivity index (χ0v) is 15.4. The molecule has 0 amide bonds. The van der Waals surface area contributed by atoms with Gasteiger partial charge >= 0.3 is 0 Å². The largest absolute Gasteiger partial charge is 0.396 e. The van der Waals surface area contributed by atoms with Crippen LogP contribution in [0.25, 0.3) is 0 Å². The van der Waals surface area contributed by atoms with E-state index < -0.39 is 0 Å². The molecule has 0 bridgehead atoms. The average Bonchev–Trinajstić information content (AvgIpc) is 3.36. The number of carbonyl (C=O) groups excluding carboxylic acids is 1. The van der Waals surface area contributed by atoms with Gasteiger partial charge in [0.25, 0.3) is 0 Å². The number of aliphatic hydroxyl groups excluding tert-OH is 1. The molecule has 25 heavy (non-hydrogen) atoms. The van der Waals surface area contributed by atoms with Gasteiger partial charge in [0.15, 0.2) is 5.78 Å². The molecule has 8 unspecified atom stereocenters. The molecule has 0 aliphatic heterocycles. The van der Waals surface area contributed by atoms with Crippen LogP contribution in [-0.4, -0.2) is 17.5 Å². The summed E-state index contributed by atoms with van der Waals surface area (Å²) in [7, 11) is 0. The third-order valence-corrected chi connectivity index (χ3v) is 9.43. The minimum absolute atomic E-state index is 0.141. The first-order valence-corrected chi connectivity index (χ1v) is 10.2. The van der Waals surface area contributed by atoms with Gasteiger partial charge in [0.1, 0.15) is 0 Å². The van der Waals surface area contributed by atoms with E-state index >= 15 is 0 Å². The summed E-state index contributed by atoms with van der Waals surface area (Å²) in [4.78, 5) is 12.0. The standard InChI is InChI=1S/C22H29NO2/c1-21-6-5-15-14-4-3-13(25)8-16(14)12(10-24)7-17(15)20(21)18-9-19(18)22(21,2)11-23/h8,12,14-15,17-20,24H,3-7,9-10H2,1-2H3/t12?,14?,15?,17?,18?,19?,20?,21?,22-/m0/s1. The molecule has 3 heteroatoms. The second-order valence-corrected chi connectivity index (χ2v) is 10.0. The van der Waals surface area contributed by atoms with Crippen LogP contribution in [0.2, 0.25) is 0 Å². The summed E-state index contributed by atoms with van der Waals surface area (Å²) in [6, 6.07) is 2.75. The molecule has 0 aromatic carbocycles. The summed E-state index contributed by atoms with van der Waals surface area (Å²) < 4.78 is 0. The molecule has 0 spiro atoms. The molecule has 9 atom stereocenters. The molecular formula is C22H29NO2. The van der Waals surface area contributed by atoms with E-state index in [-0.39, 0.29) is 29.1 Å². The zero-order valence-electron chi connectivity index (χ0n) is 15.4. The first kappa shape index (κ1) is 16.1. The Morgan fingerprint density at radius 3 is 2.76 bits per heavy atom. The van der Waals surface area contributed by atoms with Crippen molar-refractivity contribution in [2.45, 2.75) is 52.4 Å². The molecule has 4 fully saturated rings. The molecule has 4 saturated carbocycles. The topological polar surface area (TPSA) is 61.1 Å². The minimum atomic E-state index is -0.166. The predicted octanol–water partition coefficient (Wildman–Crippen LogP) is 3.73. The summed E-state index contributed by atoms with van der Waals surface area (Å²) in [6.07, 6.45) is 8.17. The smallest absolute Gasteiger partial charge is 0.155 e. The molecule has 5 aliphatic carbocycles. The molecule has 0 aromatic rings. The number of rotatable bonds is 1. The average molecular weight is 339 g/mol. The molecule has 3 nitrogen and oxygen atoms in total. The van der Waals surface area contributed by atoms with Crippen LogP contribution in [0.15, 0.2) is 11.6 Å². The van der Waals surface area contributed by atoms with E-state index in [9.17, 15) is 15.2 Å². The third-order valence-electron chi connectivity index (χ3n) is 9.43. The lowest BCUT2D eigenvalue weighted by Crippen LogP contribution is -2.52. The van der Waals surface area contributed by atoms with E-state index in [2.05, 4.69) is 19.9 Å². The number of hydrogen-bond acceptors (Lipinski definition) is 3. The van der Waals surface area contributed by atoms with Crippen LogP contribution in [0.1, 0.15) is 52.4 Å². The van der Waals surface area contributed by atoms with Crippen LogP contribution in [0.5, 0.6) is 0 Å². The summed E-state index contributed by atoms with van der Waals surface area (Å²) in [6.45, 7) is 4.80. The Morgan fingerprint density at radius 2 is 2.04 bits per heavy atom. The zero-order chi connectivity index (χ0) is 17.6. The fourth-order valence-electron chi connectivity index (χ4n) is 8.07. The van der Waals surface area contributed by atoms with Crippen LogP contribution in [0.3, 0.4) is 0 Å². The SMILES string of the molecule is CC12CCC3C4CCC(=O)C=C4C(CO)CC3C1C1CC1[C@]2(C)C#N. The predicted molar refractivity (Wildman–Crippen MR) is 94.1 cm³/mol. The Balaban J connectivity index is 1.55. The molecule has 0 heterocycles. The first-order chi connectivity index (χ1) is 11.9. The van der Waals surface area contributed by atoms with Crippen molar-refractivity contribution >= 4 is 5.78 Å². The fraction of sp³-hybridized carbons (Fsp3) is 0.818. The number of nitrogens with zero attached hydrogens (tertiary/aromatic N) is 1. The molecule has 5 aliphatic rings. The van der Waals surface area contributed by atoms with E-state index in [0.717, 1.165) is 25.2 Å². The molecule has 0 aromatic heterocycles. The second kappa shape index (κ2) is 4.97. The molecule has 0 saturated heterocycles. The number of carbonyl (C=O) groups is 1. The molecular weight excluding hydrogens is 310 g/mol. The fourth-order valence-corrected chi connectivity index (χ4v) is 8.07. The van der Waals surface area contributed by atoms with Crippen molar-refractivity contribution < 1.29 is 9.90 Å². The van der Waals surface area contributed by atoms with Crippen molar-refractivity contribution in [1.29, 1.82) is 5.26 Å². The number of ketones is 1. The van der Waals surface area contributed by atoms with Crippen LogP contribution in [0, 0.1) is 63.6 Å². The van der Waals surface area contributed by atoms with E-state index in [1.54, 1.807) is 0 Å². The van der Waals surface area contributed by atoms with Gasteiger partial charge in [0.2, 0.25) is 0 Å². The maximum Gasteiger partial charge on any atom is 0.155 e. The Hall–Kier alpha value is -1.14. The summed E-state index contributed by atoms with van der Waals surface area (Å²) in [5, 5.41) is 20.0. The van der Waals surface area contributed by atoms with Gasteiger partial charge in [-0.15, -0.1) is 0 Å². The maximum atomic E-state index is 12.0. The minimum Gasteiger partial charge on any atom is -0.396 e. The van der Waals surface area contributed by atoms with Crippen LogP contribution >= 0.6 is 0 Å². The lowest BCUT2D eigenvalue weighted by molar-refractivity contribution is -0.116. The first-order valence-electron chi connectivity index (χ1n) is 10.2. The van der Waals surface area contributed by atoms with Crippen molar-refractivity contribution in [1.82, 2.24) is 0 Å². The summed E-state index contributed by atoms with van der Waals surface area (Å²) >= 11 is 0. The normalized spacial score (nSPS) is 56.0. The summed E-state index contributed by atoms with van der Waals surface area (Å²) in [5.41, 5.74) is 1.24. The van der Waals surface area contributed by atoms with Gasteiger partial charge in [-0.3, -0.25) is 4.79 Å². The Labute approximate surface area is 150 Å². The highest BCUT2D eigenvalue weighted by atomic mass is 16.3. The van der Waals surface area contributed by atoms with Crippen LogP contribution in [-0.2, 0) is 4.79 Å². The van der Waals surface area contributed by atoms with Gasteiger partial charge in [0.05, 0.1) is 11.5 Å². The van der Waals surface area contributed by atoms with Crippen LogP contribution < -0.4 is 0 Å². The highest BCUT2D eigenvalue weighted by molar-refractivity contribution is 5.91. The molecule has 134 valence electrons. The van der Waals surface area contributed by atoms with Crippen molar-refractivity contribution in [3.8, 4) is 6.07 Å². The highest BCUT2D eigenvalue weighted by Gasteiger charge is 2.74. The van der Waals surface area contributed by atoms with E-state index in [0.29, 0.717) is 36.0 Å². The van der Waals surface area contributed by atoms with Gasteiger partial charge in [-0.1, -0.05) is 12.5 Å². The van der Waals surface area contributed by atoms with Gasteiger partial charge in [-0.25, -0.2) is 0 Å². The number of aliphatic hydroxyl groups is 1. The van der Waals surface area contributed by atoms with Gasteiger partial charge in [0, 0.05) is 18.9 Å². The second-order valence-electron chi connectivity index (χ2n) is 10.0. The number of nitriles is 1. The number of hydrogen-bond donors (Lipinski definition) is 1. The summed E-state index contributed by atoms with van der Waals surface area (Å²) in [5.74, 6) is 4.21. The number of fused-ring (bicyclic) bond motifs is 7. The molecule has 5 rings (SSSR count). The highest BCUT2D eigenvalue weighted by Crippen LogP contribution is 2.78. The quantitative estimate of drug-likeness (QED) is 0.792. The maximum absolute atomic E-state index is 12.0. The van der Waals surface area contributed by atoms with Crippen LogP contribution in [0.4, 0.5) is 0 Å². The molecule has 1 N–H and O–H groups in total. The lowest BCUT2D eigenvalue weighted by Gasteiger charge is -2.57. The van der Waals surface area contributed by atoms with Crippen molar-refractivity contribution in [3.05, 3.63) is 11.6 Å². The van der Waals surface area contributed by atoms with Crippen molar-refractivity contribution in [2.75, 3.05) is 6.61 Å². The molecule has 0 radical (unpaired) electrons. The van der Waals surface area contributed by atoms with Crippen molar-refractivity contribution in [2.24, 2.45) is 52.3 Å². The Bertz CT molecular complexity index is 705. The Morgan fingerprint density at radius 1 is 1.24 bits per heavy atom. The Kier molecular flexibility index (Phi) is 3.20.